The van der Waals surface area contributed by atoms with Crippen LogP contribution in [-0.2, 0) is 0 Å². The molecule has 32 heavy (non-hydrogen) atoms. The molecule has 0 aliphatic heterocycles. The number of rotatable bonds is 2. The van der Waals surface area contributed by atoms with E-state index in [9.17, 15) is 0 Å². The van der Waals surface area contributed by atoms with Crippen LogP contribution < -0.4 is 5.32 Å². The monoisotopic (exact) mass is 410 g/mol. The first-order chi connectivity index (χ1) is 15.8. The van der Waals surface area contributed by atoms with Crippen LogP contribution in [-0.4, -0.2) is 4.98 Å². The Morgan fingerprint density at radius 1 is 0.562 bits per heavy atom. The van der Waals surface area contributed by atoms with Gasteiger partial charge in [-0.2, -0.15) is 0 Å². The highest BCUT2D eigenvalue weighted by atomic mass is 16.3. The minimum atomic E-state index is 0.808. The van der Waals surface area contributed by atoms with E-state index in [1.54, 1.807) is 12.4 Å². The Bertz CT molecular complexity index is 1810. The Morgan fingerprint density at radius 3 is 2.31 bits per heavy atom. The van der Waals surface area contributed by atoms with Gasteiger partial charge in [-0.05, 0) is 57.3 Å². The average Bonchev–Trinajstić information content (AvgIpc) is 3.22. The number of aromatic nitrogens is 1. The second kappa shape index (κ2) is 6.56. The molecule has 0 unspecified atom stereocenters. The van der Waals surface area contributed by atoms with E-state index in [-0.39, 0.29) is 0 Å². The van der Waals surface area contributed by atoms with Crippen LogP contribution >= 0.6 is 0 Å². The molecular formula is C29H18N2O. The van der Waals surface area contributed by atoms with Crippen LogP contribution in [0.3, 0.4) is 0 Å². The molecule has 7 aromatic rings. The molecule has 0 aliphatic carbocycles. The minimum Gasteiger partial charge on any atom is -0.454 e. The summed E-state index contributed by atoms with van der Waals surface area (Å²) in [6.45, 7) is 0. The van der Waals surface area contributed by atoms with E-state index in [4.69, 9.17) is 4.42 Å². The van der Waals surface area contributed by atoms with Gasteiger partial charge in [-0.1, -0.05) is 60.7 Å². The molecule has 0 spiro atoms. The largest absolute Gasteiger partial charge is 0.454 e. The van der Waals surface area contributed by atoms with Crippen molar-refractivity contribution in [1.82, 2.24) is 4.98 Å². The highest BCUT2D eigenvalue weighted by Crippen LogP contribution is 2.38. The predicted molar refractivity (Wildman–Crippen MR) is 134 cm³/mol. The van der Waals surface area contributed by atoms with Crippen LogP contribution in [0, 0.1) is 0 Å². The molecule has 0 atom stereocenters. The smallest absolute Gasteiger partial charge is 0.153 e. The quantitative estimate of drug-likeness (QED) is 0.292. The molecule has 0 aliphatic rings. The van der Waals surface area contributed by atoms with Crippen LogP contribution in [0.4, 0.5) is 11.4 Å². The molecule has 0 fully saturated rings. The lowest BCUT2D eigenvalue weighted by atomic mass is 9.96. The molecule has 3 nitrogen and oxygen atoms in total. The lowest BCUT2D eigenvalue weighted by Crippen LogP contribution is -1.93. The van der Waals surface area contributed by atoms with Crippen molar-refractivity contribution in [2.75, 3.05) is 5.32 Å². The maximum Gasteiger partial charge on any atom is 0.153 e. The zero-order valence-electron chi connectivity index (χ0n) is 17.2. The fraction of sp³-hybridized carbons (Fsp3) is 0. The molecule has 7 rings (SSSR count). The van der Waals surface area contributed by atoms with Crippen molar-refractivity contribution in [3.63, 3.8) is 0 Å². The Morgan fingerprint density at radius 2 is 1.38 bits per heavy atom. The highest BCUT2D eigenvalue weighted by Gasteiger charge is 2.11. The zero-order chi connectivity index (χ0) is 21.1. The SMILES string of the molecule is c1ccc2c(c1)ccc1c3ccccc3c(Nc3ccc4oc5cnccc5c4c3)cc21. The first kappa shape index (κ1) is 17.3. The van der Waals surface area contributed by atoms with Gasteiger partial charge >= 0.3 is 0 Å². The van der Waals surface area contributed by atoms with Crippen LogP contribution in [0.1, 0.15) is 0 Å². The summed E-state index contributed by atoms with van der Waals surface area (Å²) >= 11 is 0. The van der Waals surface area contributed by atoms with Crippen molar-refractivity contribution in [1.29, 1.82) is 0 Å². The van der Waals surface area contributed by atoms with E-state index >= 15 is 0 Å². The van der Waals surface area contributed by atoms with E-state index in [1.807, 2.05) is 12.1 Å². The van der Waals surface area contributed by atoms with Crippen molar-refractivity contribution in [3.05, 3.63) is 103 Å². The molecule has 150 valence electrons. The Hall–Kier alpha value is -4.37. The summed E-state index contributed by atoms with van der Waals surface area (Å²) in [5, 5.41) is 13.4. The zero-order valence-corrected chi connectivity index (χ0v) is 17.2. The number of hydrogen-bond acceptors (Lipinski definition) is 3. The van der Waals surface area contributed by atoms with Gasteiger partial charge in [0.2, 0.25) is 0 Å². The normalized spacial score (nSPS) is 11.8. The molecular weight excluding hydrogens is 392 g/mol. The highest BCUT2D eigenvalue weighted by molar-refractivity contribution is 6.21. The van der Waals surface area contributed by atoms with Gasteiger partial charge in [-0.15, -0.1) is 0 Å². The first-order valence-corrected chi connectivity index (χ1v) is 10.7. The molecule has 0 amide bonds. The molecule has 2 aromatic heterocycles. The second-order valence-electron chi connectivity index (χ2n) is 8.16. The van der Waals surface area contributed by atoms with E-state index < -0.39 is 0 Å². The van der Waals surface area contributed by atoms with Crippen molar-refractivity contribution >= 4 is 65.6 Å². The molecule has 0 radical (unpaired) electrons. The van der Waals surface area contributed by atoms with Crippen LogP contribution in [0.5, 0.6) is 0 Å². The lowest BCUT2D eigenvalue weighted by molar-refractivity contribution is 0.667. The van der Waals surface area contributed by atoms with E-state index in [0.717, 1.165) is 33.3 Å². The minimum absolute atomic E-state index is 0.808. The second-order valence-corrected chi connectivity index (χ2v) is 8.16. The van der Waals surface area contributed by atoms with Crippen molar-refractivity contribution in [2.24, 2.45) is 0 Å². The number of nitrogens with one attached hydrogen (secondary N) is 1. The number of nitrogens with zero attached hydrogens (tertiary/aromatic N) is 1. The molecule has 3 heteroatoms. The number of benzene rings is 5. The number of fused-ring (bicyclic) bond motifs is 8. The van der Waals surface area contributed by atoms with Gasteiger partial charge in [0, 0.05) is 33.7 Å². The molecule has 0 saturated heterocycles. The summed E-state index contributed by atoms with van der Waals surface area (Å²) in [6, 6.07) is 32.2. The molecule has 0 saturated carbocycles. The van der Waals surface area contributed by atoms with Crippen LogP contribution in [0.15, 0.2) is 108 Å². The van der Waals surface area contributed by atoms with Crippen molar-refractivity contribution in [2.45, 2.75) is 0 Å². The fourth-order valence-corrected chi connectivity index (χ4v) is 4.83. The summed E-state index contributed by atoms with van der Waals surface area (Å²) in [5.41, 5.74) is 3.80. The Labute approximate surface area is 183 Å². The Kier molecular flexibility index (Phi) is 3.55. The van der Waals surface area contributed by atoms with Gasteiger partial charge in [0.05, 0.1) is 6.20 Å². The number of furan rings is 1. The van der Waals surface area contributed by atoms with Gasteiger partial charge in [-0.25, -0.2) is 0 Å². The number of hydrogen-bond donors (Lipinski definition) is 1. The standard InChI is InChI=1S/C29H18N2O/c1-2-6-20-18(5-1)9-11-22-21-7-3-4-8-23(21)27(16-25(20)22)31-19-10-12-28-26(15-19)24-13-14-30-17-29(24)32-28/h1-17,31H. The van der Waals surface area contributed by atoms with Crippen LogP contribution in [0.25, 0.3) is 54.3 Å². The van der Waals surface area contributed by atoms with Crippen molar-refractivity contribution in [3.8, 4) is 0 Å². The van der Waals surface area contributed by atoms with Gasteiger partial charge in [0.25, 0.3) is 0 Å². The van der Waals surface area contributed by atoms with Gasteiger partial charge in [0.15, 0.2) is 5.58 Å². The predicted octanol–water partition coefficient (Wildman–Crippen LogP) is 8.18. The van der Waals surface area contributed by atoms with Gasteiger partial charge in [-0.3, -0.25) is 4.98 Å². The summed E-state index contributed by atoms with van der Waals surface area (Å²) in [4.78, 5) is 4.18. The molecule has 5 aromatic carbocycles. The fourth-order valence-electron chi connectivity index (χ4n) is 4.83. The van der Waals surface area contributed by atoms with Crippen LogP contribution in [0.2, 0.25) is 0 Å². The average molecular weight is 410 g/mol. The van der Waals surface area contributed by atoms with E-state index in [0.29, 0.717) is 0 Å². The number of anilines is 2. The third kappa shape index (κ3) is 2.51. The van der Waals surface area contributed by atoms with Gasteiger partial charge < -0.3 is 9.73 Å². The van der Waals surface area contributed by atoms with Gasteiger partial charge in [0.1, 0.15) is 5.58 Å². The summed E-state index contributed by atoms with van der Waals surface area (Å²) in [7, 11) is 0. The summed E-state index contributed by atoms with van der Waals surface area (Å²) < 4.78 is 5.94. The summed E-state index contributed by atoms with van der Waals surface area (Å²) in [5.74, 6) is 0. The van der Waals surface area contributed by atoms with Crippen molar-refractivity contribution < 1.29 is 4.42 Å². The molecule has 0 bridgehead atoms. The third-order valence-corrected chi connectivity index (χ3v) is 6.32. The third-order valence-electron chi connectivity index (χ3n) is 6.32. The molecule has 2 heterocycles. The maximum atomic E-state index is 5.94. The maximum absolute atomic E-state index is 5.94. The van der Waals surface area contributed by atoms with E-state index in [2.05, 4.69) is 89.2 Å². The topological polar surface area (TPSA) is 38.1 Å². The molecule has 1 N–H and O–H groups in total. The summed E-state index contributed by atoms with van der Waals surface area (Å²) in [6.07, 6.45) is 3.57. The Balaban J connectivity index is 1.47. The number of pyridine rings is 1. The first-order valence-electron chi connectivity index (χ1n) is 10.7. The van der Waals surface area contributed by atoms with E-state index in [1.165, 1.54) is 32.3 Å². The lowest BCUT2D eigenvalue weighted by Gasteiger charge is -2.14.